The number of nitrogens with one attached hydrogen (secondary N) is 1. The summed E-state index contributed by atoms with van der Waals surface area (Å²) in [4.78, 5) is 4.12. The van der Waals surface area contributed by atoms with Gasteiger partial charge < -0.3 is 5.32 Å². The van der Waals surface area contributed by atoms with E-state index in [0.29, 0.717) is 24.7 Å². The molecule has 2 aromatic rings. The average Bonchev–Trinajstić information content (AvgIpc) is 2.56. The van der Waals surface area contributed by atoms with Crippen LogP contribution in [0.5, 0.6) is 0 Å². The summed E-state index contributed by atoms with van der Waals surface area (Å²) in [6.45, 7) is 1.54. The van der Waals surface area contributed by atoms with Crippen LogP contribution in [0.15, 0.2) is 53.7 Å². The third-order valence-corrected chi connectivity index (χ3v) is 5.94. The lowest BCUT2D eigenvalue weighted by Crippen LogP contribution is -2.48. The third-order valence-electron chi connectivity index (χ3n) is 3.70. The van der Waals surface area contributed by atoms with Gasteiger partial charge in [-0.2, -0.15) is 4.31 Å². The van der Waals surface area contributed by atoms with Crippen LogP contribution in [-0.4, -0.2) is 37.3 Å². The number of aromatic nitrogens is 1. The number of piperazine rings is 1. The van der Waals surface area contributed by atoms with Gasteiger partial charge in [0, 0.05) is 37.1 Å². The average molecular weight is 374 g/mol. The summed E-state index contributed by atoms with van der Waals surface area (Å²) < 4.78 is 27.3. The first-order valence-electron chi connectivity index (χ1n) is 6.98. The molecular weight excluding hydrogens is 357 g/mol. The molecule has 1 aliphatic heterocycles. The van der Waals surface area contributed by atoms with Gasteiger partial charge in [-0.15, -0.1) is 12.4 Å². The summed E-state index contributed by atoms with van der Waals surface area (Å²) >= 11 is 6.26. The Morgan fingerprint density at radius 1 is 1.22 bits per heavy atom. The molecule has 1 N–H and O–H groups in total. The number of pyridine rings is 1. The molecule has 3 rings (SSSR count). The van der Waals surface area contributed by atoms with Crippen LogP contribution < -0.4 is 5.32 Å². The molecule has 23 heavy (non-hydrogen) atoms. The normalized spacial score (nSPS) is 19.1. The quantitative estimate of drug-likeness (QED) is 0.897. The first-order chi connectivity index (χ1) is 10.6. The molecule has 1 aromatic heterocycles. The van der Waals surface area contributed by atoms with Crippen molar-refractivity contribution in [2.24, 2.45) is 0 Å². The maximum atomic E-state index is 12.9. The Hall–Kier alpha value is -1.18. The molecule has 0 bridgehead atoms. The summed E-state index contributed by atoms with van der Waals surface area (Å²) in [5.41, 5.74) is 0.809. The van der Waals surface area contributed by atoms with E-state index in [1.165, 1.54) is 10.5 Å². The number of halogens is 2. The Kier molecular flexibility index (Phi) is 6.00. The third kappa shape index (κ3) is 3.67. The van der Waals surface area contributed by atoms with Crippen LogP contribution in [0.2, 0.25) is 5.02 Å². The fraction of sp³-hybridized carbons (Fsp3) is 0.267. The summed E-state index contributed by atoms with van der Waals surface area (Å²) in [5.74, 6) is 0. The SMILES string of the molecule is Cl.O=S(=O)(c1cccnc1)N1CCNCC1c1ccccc1Cl. The van der Waals surface area contributed by atoms with E-state index in [1.54, 1.807) is 24.4 Å². The summed E-state index contributed by atoms with van der Waals surface area (Å²) in [7, 11) is -3.60. The van der Waals surface area contributed by atoms with Crippen LogP contribution in [-0.2, 0) is 10.0 Å². The van der Waals surface area contributed by atoms with Gasteiger partial charge in [0.05, 0.1) is 6.04 Å². The smallest absolute Gasteiger partial charge is 0.245 e. The van der Waals surface area contributed by atoms with Gasteiger partial charge in [0.1, 0.15) is 4.90 Å². The molecule has 1 aromatic carbocycles. The second kappa shape index (κ2) is 7.59. The van der Waals surface area contributed by atoms with Gasteiger partial charge in [-0.3, -0.25) is 4.98 Å². The van der Waals surface area contributed by atoms with Crippen LogP contribution in [0.25, 0.3) is 0 Å². The molecule has 2 heterocycles. The molecule has 0 amide bonds. The molecule has 1 fully saturated rings. The van der Waals surface area contributed by atoms with Crippen molar-refractivity contribution in [3.05, 3.63) is 59.4 Å². The summed E-state index contributed by atoms with van der Waals surface area (Å²) in [6, 6.07) is 10.2. The second-order valence-electron chi connectivity index (χ2n) is 5.05. The molecular formula is C15H17Cl2N3O2S. The molecule has 1 aliphatic rings. The minimum Gasteiger partial charge on any atom is -0.313 e. The Morgan fingerprint density at radius 2 is 2.00 bits per heavy atom. The van der Waals surface area contributed by atoms with Crippen molar-refractivity contribution in [1.82, 2.24) is 14.6 Å². The maximum Gasteiger partial charge on any atom is 0.245 e. The van der Waals surface area contributed by atoms with Crippen molar-refractivity contribution in [2.45, 2.75) is 10.9 Å². The Morgan fingerprint density at radius 3 is 2.70 bits per heavy atom. The van der Waals surface area contributed by atoms with E-state index in [1.807, 2.05) is 18.2 Å². The highest BCUT2D eigenvalue weighted by Gasteiger charge is 2.35. The van der Waals surface area contributed by atoms with E-state index >= 15 is 0 Å². The number of hydrogen-bond acceptors (Lipinski definition) is 4. The summed E-state index contributed by atoms with van der Waals surface area (Å²) in [5, 5.41) is 3.81. The number of benzene rings is 1. The first-order valence-corrected chi connectivity index (χ1v) is 8.79. The minimum absolute atomic E-state index is 0. The van der Waals surface area contributed by atoms with Gasteiger partial charge in [-0.05, 0) is 23.8 Å². The lowest BCUT2D eigenvalue weighted by atomic mass is 10.1. The van der Waals surface area contributed by atoms with Crippen LogP contribution >= 0.6 is 24.0 Å². The van der Waals surface area contributed by atoms with Crippen molar-refractivity contribution in [2.75, 3.05) is 19.6 Å². The molecule has 0 radical (unpaired) electrons. The largest absolute Gasteiger partial charge is 0.313 e. The van der Waals surface area contributed by atoms with E-state index < -0.39 is 10.0 Å². The fourth-order valence-corrected chi connectivity index (χ4v) is 4.45. The topological polar surface area (TPSA) is 62.3 Å². The minimum atomic E-state index is -3.60. The number of rotatable bonds is 3. The van der Waals surface area contributed by atoms with Crippen LogP contribution in [0.4, 0.5) is 0 Å². The van der Waals surface area contributed by atoms with E-state index in [4.69, 9.17) is 11.6 Å². The van der Waals surface area contributed by atoms with Crippen LogP contribution in [0.1, 0.15) is 11.6 Å². The van der Waals surface area contributed by atoms with Gasteiger partial charge >= 0.3 is 0 Å². The van der Waals surface area contributed by atoms with Gasteiger partial charge in [0.25, 0.3) is 0 Å². The van der Waals surface area contributed by atoms with Crippen molar-refractivity contribution in [3.8, 4) is 0 Å². The Labute approximate surface area is 147 Å². The highest BCUT2D eigenvalue weighted by molar-refractivity contribution is 7.89. The molecule has 0 aliphatic carbocycles. The van der Waals surface area contributed by atoms with Crippen molar-refractivity contribution in [3.63, 3.8) is 0 Å². The fourth-order valence-electron chi connectivity index (χ4n) is 2.62. The molecule has 1 saturated heterocycles. The number of nitrogens with zero attached hydrogens (tertiary/aromatic N) is 2. The second-order valence-corrected chi connectivity index (χ2v) is 7.34. The molecule has 8 heteroatoms. The molecule has 1 unspecified atom stereocenters. The molecule has 0 spiro atoms. The van der Waals surface area contributed by atoms with Gasteiger partial charge in [-0.1, -0.05) is 29.8 Å². The van der Waals surface area contributed by atoms with E-state index in [0.717, 1.165) is 5.56 Å². The molecule has 5 nitrogen and oxygen atoms in total. The Bertz CT molecular complexity index is 756. The lowest BCUT2D eigenvalue weighted by molar-refractivity contribution is 0.271. The number of hydrogen-bond donors (Lipinski definition) is 1. The molecule has 1 atom stereocenters. The van der Waals surface area contributed by atoms with Crippen molar-refractivity contribution >= 4 is 34.0 Å². The van der Waals surface area contributed by atoms with Crippen molar-refractivity contribution in [1.29, 1.82) is 0 Å². The van der Waals surface area contributed by atoms with Crippen LogP contribution in [0, 0.1) is 0 Å². The monoisotopic (exact) mass is 373 g/mol. The maximum absolute atomic E-state index is 12.9. The highest BCUT2D eigenvalue weighted by atomic mass is 35.5. The predicted octanol–water partition coefficient (Wildman–Crippen LogP) is 2.49. The highest BCUT2D eigenvalue weighted by Crippen LogP contribution is 2.32. The zero-order chi connectivity index (χ0) is 15.6. The first kappa shape index (κ1) is 18.2. The zero-order valence-electron chi connectivity index (χ0n) is 12.2. The summed E-state index contributed by atoms with van der Waals surface area (Å²) in [6.07, 6.45) is 2.93. The van der Waals surface area contributed by atoms with Gasteiger partial charge in [0.15, 0.2) is 0 Å². The lowest BCUT2D eigenvalue weighted by Gasteiger charge is -2.35. The molecule has 124 valence electrons. The van der Waals surface area contributed by atoms with Crippen molar-refractivity contribution < 1.29 is 8.42 Å². The van der Waals surface area contributed by atoms with Gasteiger partial charge in [0.2, 0.25) is 10.0 Å². The van der Waals surface area contributed by atoms with E-state index in [2.05, 4.69) is 10.3 Å². The predicted molar refractivity (Wildman–Crippen MR) is 92.4 cm³/mol. The van der Waals surface area contributed by atoms with Gasteiger partial charge in [-0.25, -0.2) is 8.42 Å². The van der Waals surface area contributed by atoms with E-state index in [-0.39, 0.29) is 23.3 Å². The van der Waals surface area contributed by atoms with Crippen LogP contribution in [0.3, 0.4) is 0 Å². The Balaban J connectivity index is 0.00000192. The van der Waals surface area contributed by atoms with E-state index in [9.17, 15) is 8.42 Å². The standard InChI is InChI=1S/C15H16ClN3O2S.ClH/c16-14-6-2-1-5-13(14)15-11-18-8-9-19(15)22(20,21)12-4-3-7-17-10-12;/h1-7,10,15,18H,8-9,11H2;1H. The zero-order valence-corrected chi connectivity index (χ0v) is 14.6. The number of sulfonamides is 1. The molecule has 0 saturated carbocycles.